The van der Waals surface area contributed by atoms with Crippen molar-refractivity contribution in [1.82, 2.24) is 10.2 Å². The molecule has 1 fully saturated rings. The molecular formula is C23H28KN2O6. The third-order valence-corrected chi connectivity index (χ3v) is 4.92. The van der Waals surface area contributed by atoms with Crippen molar-refractivity contribution < 1.29 is 28.9 Å². The zero-order valence-electron chi connectivity index (χ0n) is 19.3. The van der Waals surface area contributed by atoms with Crippen LogP contribution in [-0.2, 0) is 9.53 Å². The minimum atomic E-state index is -1.26. The first kappa shape index (κ1) is 26.6. The molecule has 0 aliphatic carbocycles. The number of methoxy groups -OCH3 is 2. The van der Waals surface area contributed by atoms with Gasteiger partial charge >= 0.3 is 12.0 Å². The molecule has 1 aliphatic rings. The summed E-state index contributed by atoms with van der Waals surface area (Å²) in [7, 11) is 3.03. The largest absolute Gasteiger partial charge is 0.497 e. The van der Waals surface area contributed by atoms with Gasteiger partial charge < -0.3 is 24.6 Å². The van der Waals surface area contributed by atoms with Gasteiger partial charge in [0, 0.05) is 68.6 Å². The molecule has 2 amide bonds. The third kappa shape index (κ3) is 5.83. The number of carboxylic acids is 1. The number of carbonyl (C=O) groups is 2. The van der Waals surface area contributed by atoms with Crippen LogP contribution in [0.1, 0.15) is 44.2 Å². The van der Waals surface area contributed by atoms with Crippen molar-refractivity contribution in [2.45, 2.75) is 44.7 Å². The monoisotopic (exact) mass is 467 g/mol. The van der Waals surface area contributed by atoms with E-state index in [2.05, 4.69) is 5.32 Å². The number of amides is 2. The first-order valence-corrected chi connectivity index (χ1v) is 9.92. The Kier molecular flexibility index (Phi) is 9.15. The predicted molar refractivity (Wildman–Crippen MR) is 120 cm³/mol. The van der Waals surface area contributed by atoms with Crippen molar-refractivity contribution in [3.05, 3.63) is 59.7 Å². The van der Waals surface area contributed by atoms with Crippen LogP contribution in [0.2, 0.25) is 0 Å². The van der Waals surface area contributed by atoms with E-state index in [1.807, 2.05) is 26.8 Å². The SMILES string of the molecule is COc1ccc(C2O[C@@H](C(=O)O)[C@H](c3ccccc3)N2C(=O)NC(C)(C)C)c(OC)c1.[K]. The fraction of sp³-hybridized carbons (Fsp3) is 0.391. The fourth-order valence-corrected chi connectivity index (χ4v) is 3.61. The number of carbonyl (C=O) groups excluding carboxylic acids is 1. The number of hydrogen-bond acceptors (Lipinski definition) is 5. The van der Waals surface area contributed by atoms with Gasteiger partial charge in [-0.2, -0.15) is 0 Å². The van der Waals surface area contributed by atoms with Crippen LogP contribution in [0.15, 0.2) is 48.5 Å². The zero-order chi connectivity index (χ0) is 22.8. The maximum atomic E-state index is 13.4. The van der Waals surface area contributed by atoms with E-state index in [4.69, 9.17) is 14.2 Å². The van der Waals surface area contributed by atoms with Crippen molar-refractivity contribution in [3.8, 4) is 11.5 Å². The van der Waals surface area contributed by atoms with E-state index in [0.717, 1.165) is 0 Å². The Morgan fingerprint density at radius 1 is 1.06 bits per heavy atom. The van der Waals surface area contributed by atoms with Gasteiger partial charge in [-0.25, -0.2) is 9.59 Å². The van der Waals surface area contributed by atoms with Gasteiger partial charge in [-0.05, 0) is 38.5 Å². The van der Waals surface area contributed by atoms with E-state index in [1.165, 1.54) is 19.1 Å². The summed E-state index contributed by atoms with van der Waals surface area (Å²) >= 11 is 0. The summed E-state index contributed by atoms with van der Waals surface area (Å²) in [6, 6.07) is 12.8. The molecule has 1 unspecified atom stereocenters. The molecule has 2 aromatic rings. The van der Waals surface area contributed by atoms with Crippen LogP contribution in [0.3, 0.4) is 0 Å². The molecule has 0 saturated carbocycles. The Morgan fingerprint density at radius 3 is 2.25 bits per heavy atom. The molecule has 8 nitrogen and oxygen atoms in total. The van der Waals surface area contributed by atoms with E-state index >= 15 is 0 Å². The predicted octanol–water partition coefficient (Wildman–Crippen LogP) is 3.36. The first-order chi connectivity index (χ1) is 14.7. The molecule has 167 valence electrons. The van der Waals surface area contributed by atoms with E-state index in [1.54, 1.807) is 42.5 Å². The van der Waals surface area contributed by atoms with Crippen LogP contribution in [0.4, 0.5) is 4.79 Å². The average Bonchev–Trinajstić information content (AvgIpc) is 3.13. The number of rotatable bonds is 5. The van der Waals surface area contributed by atoms with Crippen molar-refractivity contribution in [3.63, 3.8) is 0 Å². The molecule has 1 radical (unpaired) electrons. The molecule has 3 atom stereocenters. The van der Waals surface area contributed by atoms with E-state index in [-0.39, 0.29) is 51.4 Å². The average molecular weight is 468 g/mol. The Morgan fingerprint density at radius 2 is 1.72 bits per heavy atom. The second kappa shape index (κ2) is 11.0. The van der Waals surface area contributed by atoms with Gasteiger partial charge in [0.2, 0.25) is 0 Å². The number of hydrogen-bond donors (Lipinski definition) is 2. The normalized spacial score (nSPS) is 20.3. The third-order valence-electron chi connectivity index (χ3n) is 4.92. The standard InChI is InChI=1S/C23H28N2O6.K/c1-23(2,3)24-22(28)25-18(14-9-7-6-8-10-14)19(21(26)27)31-20(25)16-12-11-15(29-4)13-17(16)30-5;/h6-13,18-20H,1-5H3,(H,24,28)(H,26,27);/t18-,19+,20?;/m0./s1. The minimum absolute atomic E-state index is 0. The van der Waals surface area contributed by atoms with Crippen LogP contribution in [0, 0.1) is 0 Å². The van der Waals surface area contributed by atoms with Gasteiger partial charge in [0.05, 0.1) is 20.3 Å². The van der Waals surface area contributed by atoms with Crippen LogP contribution < -0.4 is 14.8 Å². The molecule has 0 aromatic heterocycles. The van der Waals surface area contributed by atoms with Crippen molar-refractivity contribution in [2.24, 2.45) is 0 Å². The van der Waals surface area contributed by atoms with Crippen molar-refractivity contribution in [1.29, 1.82) is 0 Å². The smallest absolute Gasteiger partial charge is 0.335 e. The summed E-state index contributed by atoms with van der Waals surface area (Å²) < 4.78 is 16.7. The van der Waals surface area contributed by atoms with Gasteiger partial charge in [-0.3, -0.25) is 4.90 Å². The van der Waals surface area contributed by atoms with E-state index < -0.39 is 35.9 Å². The summed E-state index contributed by atoms with van der Waals surface area (Å²) in [6.07, 6.45) is -2.24. The van der Waals surface area contributed by atoms with Gasteiger partial charge in [-0.1, -0.05) is 30.3 Å². The van der Waals surface area contributed by atoms with Gasteiger partial charge in [-0.15, -0.1) is 0 Å². The van der Waals surface area contributed by atoms with Crippen LogP contribution >= 0.6 is 0 Å². The second-order valence-corrected chi connectivity index (χ2v) is 8.30. The summed E-state index contributed by atoms with van der Waals surface area (Å²) in [5.74, 6) is -0.160. The fourth-order valence-electron chi connectivity index (χ4n) is 3.61. The number of benzene rings is 2. The van der Waals surface area contributed by atoms with E-state index in [9.17, 15) is 14.7 Å². The van der Waals surface area contributed by atoms with Gasteiger partial charge in [0.15, 0.2) is 12.3 Å². The molecule has 1 saturated heterocycles. The zero-order valence-corrected chi connectivity index (χ0v) is 22.4. The molecule has 1 heterocycles. The minimum Gasteiger partial charge on any atom is -0.497 e. The molecule has 1 aliphatic heterocycles. The number of nitrogens with one attached hydrogen (secondary N) is 1. The molecule has 0 bridgehead atoms. The Labute approximate surface area is 230 Å². The molecule has 0 spiro atoms. The van der Waals surface area contributed by atoms with Crippen LogP contribution in [0.5, 0.6) is 11.5 Å². The number of carboxylic acid groups (broad SMARTS) is 1. The summed E-state index contributed by atoms with van der Waals surface area (Å²) in [6.45, 7) is 5.57. The van der Waals surface area contributed by atoms with E-state index in [0.29, 0.717) is 22.6 Å². The molecule has 2 N–H and O–H groups in total. The maximum Gasteiger partial charge on any atom is 0.335 e. The second-order valence-electron chi connectivity index (χ2n) is 8.30. The van der Waals surface area contributed by atoms with Crippen molar-refractivity contribution in [2.75, 3.05) is 14.2 Å². The Hall–Kier alpha value is -1.62. The molecule has 32 heavy (non-hydrogen) atoms. The summed E-state index contributed by atoms with van der Waals surface area (Å²) in [5.41, 5.74) is 0.653. The molecule has 2 aromatic carbocycles. The topological polar surface area (TPSA) is 97.3 Å². The van der Waals surface area contributed by atoms with Crippen molar-refractivity contribution >= 4 is 63.4 Å². The Balaban J connectivity index is 0.00000363. The van der Waals surface area contributed by atoms with Gasteiger partial charge in [0.25, 0.3) is 0 Å². The molecule has 3 rings (SSSR count). The van der Waals surface area contributed by atoms with Gasteiger partial charge in [0.1, 0.15) is 11.5 Å². The first-order valence-electron chi connectivity index (χ1n) is 9.92. The number of urea groups is 1. The molecule has 9 heteroatoms. The summed E-state index contributed by atoms with van der Waals surface area (Å²) in [4.78, 5) is 27.0. The maximum absolute atomic E-state index is 13.4. The quantitative estimate of drug-likeness (QED) is 0.655. The number of ether oxygens (including phenoxy) is 3. The summed E-state index contributed by atoms with van der Waals surface area (Å²) in [5, 5.41) is 12.8. The molecular weight excluding hydrogens is 439 g/mol. The van der Waals surface area contributed by atoms with Crippen LogP contribution in [-0.4, -0.2) is 99.3 Å². The number of nitrogens with zero attached hydrogens (tertiary/aromatic N) is 1. The number of aliphatic carboxylic acids is 1. The van der Waals surface area contributed by atoms with Crippen LogP contribution in [0.25, 0.3) is 0 Å². The Bertz CT molecular complexity index is 947.